The average Bonchev–Trinajstić information content (AvgIpc) is 2.64. The van der Waals surface area contributed by atoms with Gasteiger partial charge in [0.15, 0.2) is 0 Å². The molecule has 2 N–H and O–H groups in total. The van der Waals surface area contributed by atoms with Gasteiger partial charge in [0.25, 0.3) is 0 Å². The standard InChI is InChI=1S/C15H17FN2O3/c16-13-3-1-12(11(9-13)2-4-15(20)21)10-18-7-5-14(19)17-6-8-18/h1-4,9H,5-8,10H2,(H,17,19)(H,20,21). The van der Waals surface area contributed by atoms with E-state index in [2.05, 4.69) is 10.2 Å². The minimum absolute atomic E-state index is 0.0302. The van der Waals surface area contributed by atoms with Gasteiger partial charge in [-0.25, -0.2) is 9.18 Å². The van der Waals surface area contributed by atoms with Gasteiger partial charge in [-0.2, -0.15) is 0 Å². The molecule has 0 spiro atoms. The molecule has 2 rings (SSSR count). The van der Waals surface area contributed by atoms with E-state index in [1.165, 1.54) is 18.2 Å². The van der Waals surface area contributed by atoms with Crippen LogP contribution in [0.5, 0.6) is 0 Å². The molecule has 1 aromatic carbocycles. The van der Waals surface area contributed by atoms with Crippen molar-refractivity contribution in [3.05, 3.63) is 41.2 Å². The molecule has 0 radical (unpaired) electrons. The number of nitrogens with one attached hydrogen (secondary N) is 1. The van der Waals surface area contributed by atoms with Crippen LogP contribution in [-0.2, 0) is 16.1 Å². The van der Waals surface area contributed by atoms with Crippen LogP contribution in [0.15, 0.2) is 24.3 Å². The van der Waals surface area contributed by atoms with Gasteiger partial charge in [0.1, 0.15) is 5.82 Å². The number of carboxylic acid groups (broad SMARTS) is 1. The molecule has 0 unspecified atom stereocenters. The van der Waals surface area contributed by atoms with Crippen molar-refractivity contribution in [3.8, 4) is 0 Å². The fraction of sp³-hybridized carbons (Fsp3) is 0.333. The largest absolute Gasteiger partial charge is 0.478 e. The van der Waals surface area contributed by atoms with Gasteiger partial charge in [-0.05, 0) is 29.3 Å². The minimum Gasteiger partial charge on any atom is -0.478 e. The van der Waals surface area contributed by atoms with Gasteiger partial charge >= 0.3 is 5.97 Å². The van der Waals surface area contributed by atoms with Crippen molar-refractivity contribution < 1.29 is 19.1 Å². The smallest absolute Gasteiger partial charge is 0.328 e. The second-order valence-corrected chi connectivity index (χ2v) is 4.89. The highest BCUT2D eigenvalue weighted by atomic mass is 19.1. The van der Waals surface area contributed by atoms with Gasteiger partial charge in [0, 0.05) is 38.7 Å². The Balaban J connectivity index is 2.14. The maximum atomic E-state index is 13.3. The SMILES string of the molecule is O=C(O)C=Cc1cc(F)ccc1CN1CCNC(=O)CC1. The van der Waals surface area contributed by atoms with Crippen molar-refractivity contribution in [2.24, 2.45) is 0 Å². The zero-order chi connectivity index (χ0) is 15.2. The summed E-state index contributed by atoms with van der Waals surface area (Å²) in [5.74, 6) is -1.45. The van der Waals surface area contributed by atoms with Crippen molar-refractivity contribution in [1.29, 1.82) is 0 Å². The summed E-state index contributed by atoms with van der Waals surface area (Å²) in [5, 5.41) is 11.5. The summed E-state index contributed by atoms with van der Waals surface area (Å²) in [5.41, 5.74) is 1.38. The van der Waals surface area contributed by atoms with E-state index in [4.69, 9.17) is 5.11 Å². The van der Waals surface area contributed by atoms with Crippen LogP contribution >= 0.6 is 0 Å². The van der Waals surface area contributed by atoms with Crippen molar-refractivity contribution in [3.63, 3.8) is 0 Å². The van der Waals surface area contributed by atoms with Gasteiger partial charge in [0.2, 0.25) is 5.91 Å². The van der Waals surface area contributed by atoms with E-state index in [0.29, 0.717) is 38.2 Å². The second kappa shape index (κ2) is 6.99. The summed E-state index contributed by atoms with van der Waals surface area (Å²) in [6.07, 6.45) is 2.81. The molecule has 6 heteroatoms. The number of amides is 1. The van der Waals surface area contributed by atoms with E-state index in [0.717, 1.165) is 11.6 Å². The molecular weight excluding hydrogens is 275 g/mol. The van der Waals surface area contributed by atoms with E-state index in [-0.39, 0.29) is 5.91 Å². The summed E-state index contributed by atoms with van der Waals surface area (Å²) < 4.78 is 13.3. The van der Waals surface area contributed by atoms with Crippen LogP contribution < -0.4 is 5.32 Å². The number of benzene rings is 1. The van der Waals surface area contributed by atoms with Crippen molar-refractivity contribution in [1.82, 2.24) is 10.2 Å². The van der Waals surface area contributed by atoms with Crippen molar-refractivity contribution in [2.75, 3.05) is 19.6 Å². The highest BCUT2D eigenvalue weighted by Gasteiger charge is 2.14. The maximum absolute atomic E-state index is 13.3. The highest BCUT2D eigenvalue weighted by molar-refractivity contribution is 5.85. The third-order valence-corrected chi connectivity index (χ3v) is 3.31. The molecule has 1 heterocycles. The monoisotopic (exact) mass is 292 g/mol. The quantitative estimate of drug-likeness (QED) is 0.819. The molecular formula is C15H17FN2O3. The maximum Gasteiger partial charge on any atom is 0.328 e. The molecule has 0 atom stereocenters. The van der Waals surface area contributed by atoms with Crippen LogP contribution in [0, 0.1) is 5.82 Å². The van der Waals surface area contributed by atoms with E-state index >= 15 is 0 Å². The second-order valence-electron chi connectivity index (χ2n) is 4.89. The number of halogens is 1. The summed E-state index contributed by atoms with van der Waals surface area (Å²) >= 11 is 0. The fourth-order valence-corrected chi connectivity index (χ4v) is 2.24. The van der Waals surface area contributed by atoms with E-state index in [1.54, 1.807) is 6.07 Å². The Bertz CT molecular complexity index is 572. The van der Waals surface area contributed by atoms with E-state index < -0.39 is 11.8 Å². The average molecular weight is 292 g/mol. The van der Waals surface area contributed by atoms with E-state index in [1.807, 2.05) is 0 Å². The van der Waals surface area contributed by atoms with Crippen LogP contribution in [0.25, 0.3) is 6.08 Å². The highest BCUT2D eigenvalue weighted by Crippen LogP contribution is 2.16. The zero-order valence-electron chi connectivity index (χ0n) is 11.5. The first kappa shape index (κ1) is 15.2. The predicted octanol–water partition coefficient (Wildman–Crippen LogP) is 1.25. The van der Waals surface area contributed by atoms with Crippen LogP contribution in [0.2, 0.25) is 0 Å². The molecule has 0 bridgehead atoms. The molecule has 5 nitrogen and oxygen atoms in total. The molecule has 0 aliphatic carbocycles. The number of rotatable bonds is 4. The van der Waals surface area contributed by atoms with E-state index in [9.17, 15) is 14.0 Å². The summed E-state index contributed by atoms with van der Waals surface area (Å²) in [4.78, 5) is 24.0. The van der Waals surface area contributed by atoms with Gasteiger partial charge in [-0.15, -0.1) is 0 Å². The first-order valence-corrected chi connectivity index (χ1v) is 6.73. The normalized spacial score (nSPS) is 16.7. The lowest BCUT2D eigenvalue weighted by atomic mass is 10.1. The number of carboxylic acids is 1. The van der Waals surface area contributed by atoms with Crippen molar-refractivity contribution >= 4 is 18.0 Å². The Kier molecular flexibility index (Phi) is 5.05. The van der Waals surface area contributed by atoms with Gasteiger partial charge in [0.05, 0.1) is 0 Å². The Morgan fingerprint density at radius 3 is 3.00 bits per heavy atom. The summed E-state index contributed by atoms with van der Waals surface area (Å²) in [6, 6.07) is 4.32. The minimum atomic E-state index is -1.07. The predicted molar refractivity (Wildman–Crippen MR) is 76.0 cm³/mol. The lowest BCUT2D eigenvalue weighted by Crippen LogP contribution is -2.28. The number of aliphatic carboxylic acids is 1. The van der Waals surface area contributed by atoms with Crippen LogP contribution in [0.4, 0.5) is 4.39 Å². The molecule has 1 aliphatic rings. The third kappa shape index (κ3) is 4.68. The first-order chi connectivity index (χ1) is 10.0. The Hall–Kier alpha value is -2.21. The molecule has 0 aromatic heterocycles. The van der Waals surface area contributed by atoms with Crippen LogP contribution in [0.3, 0.4) is 0 Å². The van der Waals surface area contributed by atoms with Crippen LogP contribution in [0.1, 0.15) is 17.5 Å². The molecule has 1 aromatic rings. The first-order valence-electron chi connectivity index (χ1n) is 6.73. The van der Waals surface area contributed by atoms with Gasteiger partial charge in [-0.1, -0.05) is 6.07 Å². The lowest BCUT2D eigenvalue weighted by molar-refractivity contribution is -0.131. The van der Waals surface area contributed by atoms with Gasteiger partial charge < -0.3 is 10.4 Å². The zero-order valence-corrected chi connectivity index (χ0v) is 11.5. The molecule has 0 saturated carbocycles. The van der Waals surface area contributed by atoms with Gasteiger partial charge in [-0.3, -0.25) is 9.69 Å². The summed E-state index contributed by atoms with van der Waals surface area (Å²) in [7, 11) is 0. The topological polar surface area (TPSA) is 69.6 Å². The molecule has 112 valence electrons. The number of carbonyl (C=O) groups is 2. The molecule has 1 saturated heterocycles. The molecule has 21 heavy (non-hydrogen) atoms. The molecule has 1 aliphatic heterocycles. The number of nitrogens with zero attached hydrogens (tertiary/aromatic N) is 1. The number of hydrogen-bond acceptors (Lipinski definition) is 3. The fourth-order valence-electron chi connectivity index (χ4n) is 2.24. The molecule has 1 amide bonds. The number of hydrogen-bond donors (Lipinski definition) is 2. The Morgan fingerprint density at radius 2 is 2.24 bits per heavy atom. The Morgan fingerprint density at radius 1 is 1.43 bits per heavy atom. The lowest BCUT2D eigenvalue weighted by Gasteiger charge is -2.20. The Labute approximate surface area is 122 Å². The summed E-state index contributed by atoms with van der Waals surface area (Å²) in [6.45, 7) is 2.48. The third-order valence-electron chi connectivity index (χ3n) is 3.31. The van der Waals surface area contributed by atoms with Crippen molar-refractivity contribution in [2.45, 2.75) is 13.0 Å². The van der Waals surface area contributed by atoms with Crippen LogP contribution in [-0.4, -0.2) is 41.5 Å². The number of carbonyl (C=O) groups excluding carboxylic acids is 1. The molecule has 1 fully saturated rings.